The van der Waals surface area contributed by atoms with Crippen LogP contribution in [0.15, 0.2) is 46.9 Å². The van der Waals surface area contributed by atoms with Gasteiger partial charge in [0, 0.05) is 0 Å². The quantitative estimate of drug-likeness (QED) is 0.811. The molecule has 0 bridgehead atoms. The molecular weight excluding hydrogens is 316 g/mol. The van der Waals surface area contributed by atoms with Crippen molar-refractivity contribution in [2.75, 3.05) is 7.11 Å². The van der Waals surface area contributed by atoms with Crippen molar-refractivity contribution in [1.82, 2.24) is 0 Å². The number of benzene rings is 2. The molecule has 0 unspecified atom stereocenters. The molecule has 0 N–H and O–H groups in total. The Balaban J connectivity index is 2.07. The summed E-state index contributed by atoms with van der Waals surface area (Å²) in [6.07, 6.45) is 0. The van der Waals surface area contributed by atoms with Crippen molar-refractivity contribution in [1.29, 1.82) is 0 Å². The van der Waals surface area contributed by atoms with E-state index in [4.69, 9.17) is 21.1 Å². The van der Waals surface area contributed by atoms with Crippen LogP contribution >= 0.6 is 27.5 Å². The molecule has 0 heterocycles. The second kappa shape index (κ2) is 6.12. The van der Waals surface area contributed by atoms with Crippen molar-refractivity contribution >= 4 is 27.5 Å². The fraction of sp³-hybridized carbons (Fsp3) is 0.143. The van der Waals surface area contributed by atoms with Crippen LogP contribution in [0.2, 0.25) is 5.02 Å². The van der Waals surface area contributed by atoms with E-state index in [-0.39, 0.29) is 0 Å². The summed E-state index contributed by atoms with van der Waals surface area (Å²) in [5.41, 5.74) is 1.04. The molecule has 0 spiro atoms. The van der Waals surface area contributed by atoms with Gasteiger partial charge in [0.25, 0.3) is 0 Å². The van der Waals surface area contributed by atoms with E-state index >= 15 is 0 Å². The van der Waals surface area contributed by atoms with E-state index in [2.05, 4.69) is 15.9 Å². The van der Waals surface area contributed by atoms with E-state index in [1.54, 1.807) is 13.2 Å². The Morgan fingerprint density at radius 3 is 2.56 bits per heavy atom. The monoisotopic (exact) mass is 326 g/mol. The van der Waals surface area contributed by atoms with E-state index in [0.29, 0.717) is 17.4 Å². The number of hydrogen-bond donors (Lipinski definition) is 0. The molecule has 0 aliphatic heterocycles. The fourth-order valence-corrected chi connectivity index (χ4v) is 2.30. The third-order valence-corrected chi connectivity index (χ3v) is 3.38. The molecular formula is C14H12BrClO2. The number of hydrogen-bond acceptors (Lipinski definition) is 2. The first-order chi connectivity index (χ1) is 8.70. The van der Waals surface area contributed by atoms with Crippen molar-refractivity contribution in [2.24, 2.45) is 0 Å². The Morgan fingerprint density at radius 1 is 1.11 bits per heavy atom. The Kier molecular flexibility index (Phi) is 4.50. The molecule has 94 valence electrons. The molecule has 4 heteroatoms. The maximum atomic E-state index is 6.02. The van der Waals surface area contributed by atoms with Gasteiger partial charge in [0.2, 0.25) is 0 Å². The molecule has 0 radical (unpaired) electrons. The van der Waals surface area contributed by atoms with E-state index < -0.39 is 0 Å². The molecule has 0 saturated heterocycles. The van der Waals surface area contributed by atoms with Gasteiger partial charge in [-0.2, -0.15) is 0 Å². The van der Waals surface area contributed by atoms with E-state index in [9.17, 15) is 0 Å². The third kappa shape index (κ3) is 3.18. The van der Waals surface area contributed by atoms with Crippen LogP contribution in [0.1, 0.15) is 5.56 Å². The summed E-state index contributed by atoms with van der Waals surface area (Å²) < 4.78 is 11.7. The summed E-state index contributed by atoms with van der Waals surface area (Å²) in [6, 6.07) is 13.2. The topological polar surface area (TPSA) is 18.5 Å². The summed E-state index contributed by atoms with van der Waals surface area (Å²) in [4.78, 5) is 0. The SMILES string of the molecule is COc1ccc(COc2ccccc2Cl)cc1Br. The molecule has 2 aromatic rings. The molecule has 0 saturated carbocycles. The van der Waals surface area contributed by atoms with Gasteiger partial charge >= 0.3 is 0 Å². The number of rotatable bonds is 4. The standard InChI is InChI=1S/C14H12BrClO2/c1-17-13-7-6-10(8-11(13)15)9-18-14-5-3-2-4-12(14)16/h2-8H,9H2,1H3. The normalized spacial score (nSPS) is 10.2. The van der Waals surface area contributed by atoms with Gasteiger partial charge in [0.05, 0.1) is 16.6 Å². The first-order valence-corrected chi connectivity index (χ1v) is 6.57. The highest BCUT2D eigenvalue weighted by Crippen LogP contribution is 2.27. The van der Waals surface area contributed by atoms with Gasteiger partial charge in [-0.3, -0.25) is 0 Å². The summed E-state index contributed by atoms with van der Waals surface area (Å²) in [5, 5.41) is 0.616. The maximum absolute atomic E-state index is 6.02. The second-order valence-corrected chi connectivity index (χ2v) is 4.95. The average Bonchev–Trinajstić information content (AvgIpc) is 2.38. The first kappa shape index (κ1) is 13.2. The highest BCUT2D eigenvalue weighted by molar-refractivity contribution is 9.10. The van der Waals surface area contributed by atoms with Crippen LogP contribution in [0.25, 0.3) is 0 Å². The minimum absolute atomic E-state index is 0.465. The molecule has 0 aliphatic carbocycles. The van der Waals surface area contributed by atoms with E-state index in [1.165, 1.54) is 0 Å². The van der Waals surface area contributed by atoms with Crippen molar-refractivity contribution in [2.45, 2.75) is 6.61 Å². The van der Waals surface area contributed by atoms with Crippen molar-refractivity contribution in [3.05, 3.63) is 57.5 Å². The summed E-state index contributed by atoms with van der Waals surface area (Å²) in [7, 11) is 1.64. The van der Waals surface area contributed by atoms with Gasteiger partial charge < -0.3 is 9.47 Å². The van der Waals surface area contributed by atoms with Gasteiger partial charge in [-0.25, -0.2) is 0 Å². The Bertz CT molecular complexity index is 543. The minimum Gasteiger partial charge on any atom is -0.496 e. The largest absolute Gasteiger partial charge is 0.496 e. The predicted molar refractivity (Wildman–Crippen MR) is 76.5 cm³/mol. The minimum atomic E-state index is 0.465. The molecule has 2 aromatic carbocycles. The smallest absolute Gasteiger partial charge is 0.138 e. The second-order valence-electron chi connectivity index (χ2n) is 3.69. The maximum Gasteiger partial charge on any atom is 0.138 e. The van der Waals surface area contributed by atoms with Gasteiger partial charge in [-0.1, -0.05) is 29.8 Å². The lowest BCUT2D eigenvalue weighted by molar-refractivity contribution is 0.306. The molecule has 0 aromatic heterocycles. The Labute approximate surface area is 120 Å². The van der Waals surface area contributed by atoms with Crippen LogP contribution in [0.4, 0.5) is 0 Å². The molecule has 0 aliphatic rings. The van der Waals surface area contributed by atoms with Gasteiger partial charge in [-0.15, -0.1) is 0 Å². The van der Waals surface area contributed by atoms with Gasteiger partial charge in [0.1, 0.15) is 18.1 Å². The molecule has 2 nitrogen and oxygen atoms in total. The van der Waals surface area contributed by atoms with E-state index in [0.717, 1.165) is 15.8 Å². The van der Waals surface area contributed by atoms with Gasteiger partial charge in [0.15, 0.2) is 0 Å². The average molecular weight is 328 g/mol. The van der Waals surface area contributed by atoms with Crippen LogP contribution in [0.3, 0.4) is 0 Å². The van der Waals surface area contributed by atoms with Crippen molar-refractivity contribution in [3.8, 4) is 11.5 Å². The summed E-state index contributed by atoms with van der Waals surface area (Å²) in [5.74, 6) is 1.49. The molecule has 2 rings (SSSR count). The highest BCUT2D eigenvalue weighted by Gasteiger charge is 2.03. The first-order valence-electron chi connectivity index (χ1n) is 5.40. The molecule has 0 fully saturated rings. The van der Waals surface area contributed by atoms with Crippen LogP contribution in [-0.4, -0.2) is 7.11 Å². The number of methoxy groups -OCH3 is 1. The van der Waals surface area contributed by atoms with Crippen LogP contribution < -0.4 is 9.47 Å². The third-order valence-electron chi connectivity index (χ3n) is 2.45. The van der Waals surface area contributed by atoms with E-state index in [1.807, 2.05) is 36.4 Å². The predicted octanol–water partition coefficient (Wildman–Crippen LogP) is 4.69. The zero-order chi connectivity index (χ0) is 13.0. The molecule has 0 atom stereocenters. The fourth-order valence-electron chi connectivity index (χ4n) is 1.52. The van der Waals surface area contributed by atoms with Crippen LogP contribution in [-0.2, 0) is 6.61 Å². The Hall–Kier alpha value is -1.19. The van der Waals surface area contributed by atoms with Crippen molar-refractivity contribution in [3.63, 3.8) is 0 Å². The molecule has 0 amide bonds. The van der Waals surface area contributed by atoms with Crippen LogP contribution in [0, 0.1) is 0 Å². The number of ether oxygens (including phenoxy) is 2. The lowest BCUT2D eigenvalue weighted by Crippen LogP contribution is -1.96. The lowest BCUT2D eigenvalue weighted by Gasteiger charge is -2.09. The van der Waals surface area contributed by atoms with Crippen molar-refractivity contribution < 1.29 is 9.47 Å². The zero-order valence-corrected chi connectivity index (χ0v) is 12.2. The zero-order valence-electron chi connectivity index (χ0n) is 9.82. The molecule has 18 heavy (non-hydrogen) atoms. The summed E-state index contributed by atoms with van der Waals surface area (Å²) in [6.45, 7) is 0.465. The van der Waals surface area contributed by atoms with Crippen LogP contribution in [0.5, 0.6) is 11.5 Å². The van der Waals surface area contributed by atoms with Gasteiger partial charge in [-0.05, 0) is 45.8 Å². The highest BCUT2D eigenvalue weighted by atomic mass is 79.9. The summed E-state index contributed by atoms with van der Waals surface area (Å²) >= 11 is 9.46. The number of para-hydroxylation sites is 1. The number of halogens is 2. The lowest BCUT2D eigenvalue weighted by atomic mass is 10.2. The Morgan fingerprint density at radius 2 is 1.89 bits per heavy atom.